The fourth-order valence-electron chi connectivity index (χ4n) is 1.94. The zero-order chi connectivity index (χ0) is 10.1. The van der Waals surface area contributed by atoms with Crippen molar-refractivity contribution in [3.63, 3.8) is 0 Å². The van der Waals surface area contributed by atoms with Gasteiger partial charge in [0.25, 0.3) is 0 Å². The number of benzene rings is 1. The van der Waals surface area contributed by atoms with Crippen molar-refractivity contribution in [2.75, 3.05) is 5.32 Å². The van der Waals surface area contributed by atoms with Gasteiger partial charge in [-0.15, -0.1) is 0 Å². The summed E-state index contributed by atoms with van der Waals surface area (Å²) in [6.07, 6.45) is 2.41. The minimum Gasteiger partial charge on any atom is -0.382 e. The van der Waals surface area contributed by atoms with Crippen molar-refractivity contribution in [1.82, 2.24) is 0 Å². The Hall–Kier alpha value is -1.05. The van der Waals surface area contributed by atoms with Gasteiger partial charge in [-0.25, -0.2) is 4.39 Å². The van der Waals surface area contributed by atoms with E-state index in [0.717, 1.165) is 11.6 Å². The second kappa shape index (κ2) is 3.60. The van der Waals surface area contributed by atoms with Crippen molar-refractivity contribution < 1.29 is 4.39 Å². The quantitative estimate of drug-likeness (QED) is 0.759. The van der Waals surface area contributed by atoms with Gasteiger partial charge in [0.15, 0.2) is 0 Å². The third-order valence-corrected chi connectivity index (χ3v) is 2.92. The SMILES string of the molecule is Cc1ccc(NC2CC(C)C2)cc1F. The predicted octanol–water partition coefficient (Wildman–Crippen LogP) is 3.34. The number of nitrogens with one attached hydrogen (secondary N) is 1. The molecule has 1 fully saturated rings. The molecule has 0 atom stereocenters. The van der Waals surface area contributed by atoms with Crippen molar-refractivity contribution in [2.45, 2.75) is 32.7 Å². The van der Waals surface area contributed by atoms with Gasteiger partial charge in [0, 0.05) is 11.7 Å². The molecule has 14 heavy (non-hydrogen) atoms. The van der Waals surface area contributed by atoms with Crippen LogP contribution in [0.2, 0.25) is 0 Å². The first-order valence-corrected chi connectivity index (χ1v) is 5.18. The van der Waals surface area contributed by atoms with Crippen LogP contribution in [0, 0.1) is 18.7 Å². The summed E-state index contributed by atoms with van der Waals surface area (Å²) in [5, 5.41) is 3.34. The Bertz CT molecular complexity index is 329. The summed E-state index contributed by atoms with van der Waals surface area (Å²) in [5.74, 6) is 0.699. The summed E-state index contributed by atoms with van der Waals surface area (Å²) in [6, 6.07) is 5.89. The molecule has 1 N–H and O–H groups in total. The number of halogens is 1. The molecule has 0 heterocycles. The van der Waals surface area contributed by atoms with Crippen LogP contribution in [0.3, 0.4) is 0 Å². The normalized spacial score (nSPS) is 25.6. The smallest absolute Gasteiger partial charge is 0.128 e. The second-order valence-electron chi connectivity index (χ2n) is 4.38. The number of hydrogen-bond acceptors (Lipinski definition) is 1. The molecule has 1 saturated carbocycles. The van der Waals surface area contributed by atoms with E-state index in [1.54, 1.807) is 13.0 Å². The summed E-state index contributed by atoms with van der Waals surface area (Å²) >= 11 is 0. The van der Waals surface area contributed by atoms with Crippen LogP contribution in [0.1, 0.15) is 25.3 Å². The van der Waals surface area contributed by atoms with Gasteiger partial charge in [-0.3, -0.25) is 0 Å². The molecular formula is C12H16FN. The Balaban J connectivity index is 2.00. The maximum atomic E-state index is 13.2. The number of anilines is 1. The first-order valence-electron chi connectivity index (χ1n) is 5.18. The van der Waals surface area contributed by atoms with Crippen LogP contribution in [-0.2, 0) is 0 Å². The van der Waals surface area contributed by atoms with Crippen LogP contribution in [0.5, 0.6) is 0 Å². The Morgan fingerprint density at radius 2 is 2.07 bits per heavy atom. The highest BCUT2D eigenvalue weighted by atomic mass is 19.1. The highest BCUT2D eigenvalue weighted by molar-refractivity contribution is 5.46. The van der Waals surface area contributed by atoms with E-state index < -0.39 is 0 Å². The molecule has 1 aliphatic rings. The Morgan fingerprint density at radius 1 is 1.36 bits per heavy atom. The van der Waals surface area contributed by atoms with Crippen LogP contribution in [0.4, 0.5) is 10.1 Å². The Morgan fingerprint density at radius 3 is 2.64 bits per heavy atom. The second-order valence-corrected chi connectivity index (χ2v) is 4.38. The van der Waals surface area contributed by atoms with Gasteiger partial charge in [-0.05, 0) is 43.4 Å². The van der Waals surface area contributed by atoms with Gasteiger partial charge in [0.1, 0.15) is 5.82 Å². The number of aryl methyl sites for hydroxylation is 1. The highest BCUT2D eigenvalue weighted by Gasteiger charge is 2.24. The molecule has 0 radical (unpaired) electrons. The van der Waals surface area contributed by atoms with E-state index >= 15 is 0 Å². The third-order valence-electron chi connectivity index (χ3n) is 2.92. The molecule has 1 aromatic carbocycles. The van der Waals surface area contributed by atoms with Crippen molar-refractivity contribution in [1.29, 1.82) is 0 Å². The van der Waals surface area contributed by atoms with E-state index in [2.05, 4.69) is 12.2 Å². The zero-order valence-electron chi connectivity index (χ0n) is 8.68. The molecule has 0 spiro atoms. The lowest BCUT2D eigenvalue weighted by Crippen LogP contribution is -2.33. The van der Waals surface area contributed by atoms with Gasteiger partial charge < -0.3 is 5.32 Å². The molecule has 0 amide bonds. The molecule has 2 rings (SSSR count). The minimum atomic E-state index is -0.123. The van der Waals surface area contributed by atoms with Crippen LogP contribution in [-0.4, -0.2) is 6.04 Å². The lowest BCUT2D eigenvalue weighted by molar-refractivity contribution is 0.309. The van der Waals surface area contributed by atoms with Crippen LogP contribution in [0.15, 0.2) is 18.2 Å². The molecular weight excluding hydrogens is 177 g/mol. The van der Waals surface area contributed by atoms with E-state index in [1.165, 1.54) is 12.8 Å². The van der Waals surface area contributed by atoms with Gasteiger partial charge in [-0.1, -0.05) is 13.0 Å². The molecule has 0 aliphatic heterocycles. The fraction of sp³-hybridized carbons (Fsp3) is 0.500. The molecule has 0 saturated heterocycles. The fourth-order valence-corrected chi connectivity index (χ4v) is 1.94. The molecule has 1 nitrogen and oxygen atoms in total. The van der Waals surface area contributed by atoms with Crippen LogP contribution >= 0.6 is 0 Å². The van der Waals surface area contributed by atoms with Crippen molar-refractivity contribution in [3.05, 3.63) is 29.6 Å². The zero-order valence-corrected chi connectivity index (χ0v) is 8.68. The van der Waals surface area contributed by atoms with E-state index in [1.807, 2.05) is 12.1 Å². The molecule has 76 valence electrons. The minimum absolute atomic E-state index is 0.123. The Kier molecular flexibility index (Phi) is 2.44. The molecule has 0 bridgehead atoms. The standard InChI is InChI=1S/C12H16FN/c1-8-5-11(6-8)14-10-4-3-9(2)12(13)7-10/h3-4,7-8,11,14H,5-6H2,1-2H3. The molecule has 0 aromatic heterocycles. The largest absolute Gasteiger partial charge is 0.382 e. The van der Waals surface area contributed by atoms with Crippen LogP contribution in [0.25, 0.3) is 0 Å². The third kappa shape index (κ3) is 1.89. The summed E-state index contributed by atoms with van der Waals surface area (Å²) in [6.45, 7) is 4.03. The summed E-state index contributed by atoms with van der Waals surface area (Å²) < 4.78 is 13.2. The van der Waals surface area contributed by atoms with Gasteiger partial charge in [-0.2, -0.15) is 0 Å². The van der Waals surface area contributed by atoms with Crippen molar-refractivity contribution in [3.8, 4) is 0 Å². The van der Waals surface area contributed by atoms with E-state index in [4.69, 9.17) is 0 Å². The molecule has 0 unspecified atom stereocenters. The lowest BCUT2D eigenvalue weighted by Gasteiger charge is -2.34. The highest BCUT2D eigenvalue weighted by Crippen LogP contribution is 2.29. The van der Waals surface area contributed by atoms with E-state index in [0.29, 0.717) is 11.6 Å². The average Bonchev–Trinajstić information content (AvgIpc) is 2.09. The maximum absolute atomic E-state index is 13.2. The van der Waals surface area contributed by atoms with E-state index in [-0.39, 0.29) is 5.82 Å². The van der Waals surface area contributed by atoms with Crippen LogP contribution < -0.4 is 5.32 Å². The molecule has 1 aromatic rings. The molecule has 2 heteroatoms. The molecule has 1 aliphatic carbocycles. The van der Waals surface area contributed by atoms with Gasteiger partial charge in [0.2, 0.25) is 0 Å². The van der Waals surface area contributed by atoms with Gasteiger partial charge in [0.05, 0.1) is 0 Å². The van der Waals surface area contributed by atoms with Crippen molar-refractivity contribution in [2.24, 2.45) is 5.92 Å². The first-order chi connectivity index (χ1) is 6.65. The summed E-state index contributed by atoms with van der Waals surface area (Å²) in [5.41, 5.74) is 1.61. The number of hydrogen-bond donors (Lipinski definition) is 1. The Labute approximate surface area is 84.3 Å². The van der Waals surface area contributed by atoms with Gasteiger partial charge >= 0.3 is 0 Å². The predicted molar refractivity (Wildman–Crippen MR) is 56.9 cm³/mol. The summed E-state index contributed by atoms with van der Waals surface area (Å²) in [7, 11) is 0. The monoisotopic (exact) mass is 193 g/mol. The first kappa shape index (κ1) is 9.50. The lowest BCUT2D eigenvalue weighted by atomic mass is 9.82. The van der Waals surface area contributed by atoms with Crippen molar-refractivity contribution >= 4 is 5.69 Å². The topological polar surface area (TPSA) is 12.0 Å². The van der Waals surface area contributed by atoms with E-state index in [9.17, 15) is 4.39 Å². The summed E-state index contributed by atoms with van der Waals surface area (Å²) in [4.78, 5) is 0. The number of rotatable bonds is 2. The maximum Gasteiger partial charge on any atom is 0.128 e. The average molecular weight is 193 g/mol.